The summed E-state index contributed by atoms with van der Waals surface area (Å²) in [6.07, 6.45) is -0.714. The van der Waals surface area contributed by atoms with Gasteiger partial charge in [0.1, 0.15) is 5.54 Å². The molecule has 1 aliphatic heterocycles. The number of carbonyl (C=O) groups excluding carboxylic acids is 2. The summed E-state index contributed by atoms with van der Waals surface area (Å²) in [7, 11) is 0. The Bertz CT molecular complexity index is 1320. The van der Waals surface area contributed by atoms with Gasteiger partial charge in [0, 0.05) is 15.9 Å². The van der Waals surface area contributed by atoms with E-state index in [0.717, 1.165) is 22.3 Å². The summed E-state index contributed by atoms with van der Waals surface area (Å²) in [5.74, 6) is -0.452. The van der Waals surface area contributed by atoms with Crippen LogP contribution in [0.5, 0.6) is 0 Å². The van der Waals surface area contributed by atoms with Gasteiger partial charge in [0.15, 0.2) is 0 Å². The maximum absolute atomic E-state index is 14.4. The van der Waals surface area contributed by atoms with E-state index in [0.29, 0.717) is 15.9 Å². The van der Waals surface area contributed by atoms with Crippen LogP contribution in [0.4, 0.5) is 4.79 Å². The Hall–Kier alpha value is -3.41. The highest BCUT2D eigenvalue weighted by Gasteiger charge is 2.60. The molecule has 36 heavy (non-hydrogen) atoms. The van der Waals surface area contributed by atoms with E-state index >= 15 is 0 Å². The second-order valence-corrected chi connectivity index (χ2v) is 9.76. The molecular weight excluding hydrogens is 538 g/mol. The molecule has 180 valence electrons. The van der Waals surface area contributed by atoms with Crippen molar-refractivity contribution >= 4 is 39.5 Å². The molecule has 1 fully saturated rings. The van der Waals surface area contributed by atoms with Gasteiger partial charge in [-0.2, -0.15) is 0 Å². The summed E-state index contributed by atoms with van der Waals surface area (Å²) in [5, 5.41) is 1.07. The van der Waals surface area contributed by atoms with Gasteiger partial charge >= 0.3 is 6.09 Å². The maximum Gasteiger partial charge on any atom is 0.419 e. The van der Waals surface area contributed by atoms with E-state index in [1.165, 1.54) is 4.90 Å². The average Bonchev–Trinajstić information content (AvgIpc) is 3.16. The smallest absolute Gasteiger partial charge is 0.419 e. The van der Waals surface area contributed by atoms with E-state index in [4.69, 9.17) is 16.3 Å². The van der Waals surface area contributed by atoms with Gasteiger partial charge in [-0.1, -0.05) is 125 Å². The van der Waals surface area contributed by atoms with Crippen LogP contribution in [0.1, 0.15) is 34.7 Å². The summed E-state index contributed by atoms with van der Waals surface area (Å²) in [5.41, 5.74) is 0.906. The Balaban J connectivity index is 1.79. The van der Waals surface area contributed by atoms with Gasteiger partial charge < -0.3 is 4.74 Å². The molecule has 1 heterocycles. The topological polar surface area (TPSA) is 46.6 Å². The van der Waals surface area contributed by atoms with Crippen molar-refractivity contribution in [1.29, 1.82) is 0 Å². The zero-order valence-electron chi connectivity index (χ0n) is 19.5. The molecule has 0 aliphatic carbocycles. The van der Waals surface area contributed by atoms with E-state index in [9.17, 15) is 9.59 Å². The van der Waals surface area contributed by atoms with Gasteiger partial charge in [0.25, 0.3) is 5.91 Å². The van der Waals surface area contributed by atoms with Crippen molar-refractivity contribution < 1.29 is 14.3 Å². The molecule has 2 amide bonds. The van der Waals surface area contributed by atoms with E-state index in [1.807, 2.05) is 91.0 Å². The van der Waals surface area contributed by atoms with Crippen LogP contribution in [0.25, 0.3) is 0 Å². The normalized spacial score (nSPS) is 17.8. The number of rotatable bonds is 6. The predicted molar refractivity (Wildman–Crippen MR) is 144 cm³/mol. The number of amides is 2. The number of imide groups is 1. The molecule has 0 radical (unpaired) electrons. The number of benzene rings is 4. The van der Waals surface area contributed by atoms with E-state index in [1.54, 1.807) is 25.1 Å². The first kappa shape index (κ1) is 24.3. The van der Waals surface area contributed by atoms with Crippen molar-refractivity contribution in [2.24, 2.45) is 0 Å². The molecule has 6 heteroatoms. The molecule has 4 aromatic carbocycles. The van der Waals surface area contributed by atoms with Gasteiger partial charge in [-0.25, -0.2) is 9.69 Å². The van der Waals surface area contributed by atoms with Crippen molar-refractivity contribution in [3.63, 3.8) is 0 Å². The fourth-order valence-electron chi connectivity index (χ4n) is 4.93. The van der Waals surface area contributed by atoms with Crippen LogP contribution in [-0.2, 0) is 26.0 Å². The third kappa shape index (κ3) is 3.74. The molecule has 4 aromatic rings. The van der Waals surface area contributed by atoms with Crippen LogP contribution in [-0.4, -0.2) is 16.9 Å². The second-order valence-electron chi connectivity index (χ2n) is 8.79. The first-order chi connectivity index (χ1) is 17.4. The molecule has 5 rings (SSSR count). The molecule has 0 aromatic heterocycles. The van der Waals surface area contributed by atoms with E-state index in [-0.39, 0.29) is 0 Å². The van der Waals surface area contributed by atoms with E-state index < -0.39 is 23.1 Å². The first-order valence-electron chi connectivity index (χ1n) is 11.5. The summed E-state index contributed by atoms with van der Waals surface area (Å²) in [4.78, 5) is 29.5. The number of nitrogens with zero attached hydrogens (tertiary/aromatic N) is 1. The Morgan fingerprint density at radius 1 is 0.806 bits per heavy atom. The standard InChI is InChI=1S/C30H23BrClNO3/c1-29(25-17-18-26(32)21(19-25)20-31)27(34)33(28(35)36-29)30(22-11-5-2-6-12-22,23-13-7-3-8-14-23)24-15-9-4-10-16-24/h2-19H,20H2,1H3/t29-/m1/s1. The molecule has 0 saturated carbocycles. The minimum absolute atomic E-state index is 0.452. The monoisotopic (exact) mass is 559 g/mol. The van der Waals surface area contributed by atoms with Crippen LogP contribution >= 0.6 is 27.5 Å². The Kier molecular flexibility index (Phi) is 6.45. The number of cyclic esters (lactones) is 1. The molecule has 0 N–H and O–H groups in total. The van der Waals surface area contributed by atoms with Crippen molar-refractivity contribution in [3.8, 4) is 0 Å². The van der Waals surface area contributed by atoms with Crippen molar-refractivity contribution in [2.45, 2.75) is 23.4 Å². The highest BCUT2D eigenvalue weighted by Crippen LogP contribution is 2.48. The summed E-state index contributed by atoms with van der Waals surface area (Å²) in [6, 6.07) is 34.0. The lowest BCUT2D eigenvalue weighted by Crippen LogP contribution is -2.52. The lowest BCUT2D eigenvalue weighted by atomic mass is 9.75. The Morgan fingerprint density at radius 3 is 1.72 bits per heavy atom. The third-order valence-electron chi connectivity index (χ3n) is 6.74. The molecule has 1 aliphatic rings. The number of hydrogen-bond donors (Lipinski definition) is 0. The van der Waals surface area contributed by atoms with Crippen molar-refractivity contribution in [2.75, 3.05) is 0 Å². The SMILES string of the molecule is C[C@]1(c2ccc(Cl)c(CBr)c2)OC(=O)N(C(c2ccccc2)(c2ccccc2)c2ccccc2)C1=O. The van der Waals surface area contributed by atoms with E-state index in [2.05, 4.69) is 15.9 Å². The van der Waals surface area contributed by atoms with Gasteiger partial charge in [-0.05, 0) is 41.3 Å². The second kappa shape index (κ2) is 9.57. The largest absolute Gasteiger partial charge is 0.428 e. The molecule has 0 bridgehead atoms. The quantitative estimate of drug-likeness (QED) is 0.182. The third-order valence-corrected chi connectivity index (χ3v) is 7.71. The molecule has 0 spiro atoms. The summed E-state index contributed by atoms with van der Waals surface area (Å²) >= 11 is 9.77. The van der Waals surface area contributed by atoms with Crippen molar-refractivity contribution in [3.05, 3.63) is 142 Å². The lowest BCUT2D eigenvalue weighted by Gasteiger charge is -2.41. The van der Waals surface area contributed by atoms with Gasteiger partial charge in [-0.3, -0.25) is 4.79 Å². The van der Waals surface area contributed by atoms with Crippen LogP contribution < -0.4 is 0 Å². The number of carbonyl (C=O) groups is 2. The highest BCUT2D eigenvalue weighted by atomic mass is 79.9. The van der Waals surface area contributed by atoms with Gasteiger partial charge in [0.05, 0.1) is 0 Å². The van der Waals surface area contributed by atoms with Crippen LogP contribution in [0.15, 0.2) is 109 Å². The maximum atomic E-state index is 14.4. The summed E-state index contributed by atoms with van der Waals surface area (Å²) < 4.78 is 5.95. The Morgan fingerprint density at radius 2 is 1.28 bits per heavy atom. The van der Waals surface area contributed by atoms with Crippen LogP contribution in [0.2, 0.25) is 5.02 Å². The fraction of sp³-hybridized carbons (Fsp3) is 0.133. The molecule has 4 nitrogen and oxygen atoms in total. The predicted octanol–water partition coefficient (Wildman–Crippen LogP) is 7.42. The lowest BCUT2D eigenvalue weighted by molar-refractivity contribution is -0.138. The van der Waals surface area contributed by atoms with Crippen LogP contribution in [0.3, 0.4) is 0 Å². The fourth-order valence-corrected chi connectivity index (χ4v) is 5.74. The minimum Gasteiger partial charge on any atom is -0.428 e. The minimum atomic E-state index is -1.53. The molecule has 0 unspecified atom stereocenters. The highest BCUT2D eigenvalue weighted by molar-refractivity contribution is 9.08. The summed E-state index contributed by atoms with van der Waals surface area (Å²) in [6.45, 7) is 1.64. The Labute approximate surface area is 223 Å². The average molecular weight is 561 g/mol. The van der Waals surface area contributed by atoms with Crippen molar-refractivity contribution in [1.82, 2.24) is 4.90 Å². The number of alkyl halides is 1. The first-order valence-corrected chi connectivity index (χ1v) is 13.0. The number of ether oxygens (including phenoxy) is 1. The zero-order valence-corrected chi connectivity index (χ0v) is 21.9. The zero-order chi connectivity index (χ0) is 25.3. The molecule has 1 saturated heterocycles. The molecule has 1 atom stereocenters. The number of halogens is 2. The molecular formula is C30H23BrClNO3. The number of hydrogen-bond acceptors (Lipinski definition) is 3. The van der Waals surface area contributed by atoms with Crippen LogP contribution in [0, 0.1) is 0 Å². The van der Waals surface area contributed by atoms with Gasteiger partial charge in [0.2, 0.25) is 5.60 Å². The van der Waals surface area contributed by atoms with Gasteiger partial charge in [-0.15, -0.1) is 0 Å².